The minimum Gasteiger partial charge on any atom is -0.360 e. The fourth-order valence-corrected chi connectivity index (χ4v) is 3.34. The summed E-state index contributed by atoms with van der Waals surface area (Å²) in [6, 6.07) is 10.3. The third-order valence-corrected chi connectivity index (χ3v) is 4.84. The lowest BCUT2D eigenvalue weighted by Gasteiger charge is -2.03. The molecule has 0 N–H and O–H groups in total. The molecule has 2 aromatic rings. The first-order valence-electron chi connectivity index (χ1n) is 6.21. The van der Waals surface area contributed by atoms with Crippen LogP contribution in [0, 0.1) is 12.7 Å². The second-order valence-corrected chi connectivity index (χ2v) is 6.34. The number of hydrogen-bond donors (Lipinski definition) is 0. The zero-order valence-corrected chi connectivity index (χ0v) is 12.3. The average molecular weight is 318 g/mol. The van der Waals surface area contributed by atoms with Gasteiger partial charge < -0.3 is 5.53 Å². The fourth-order valence-electron chi connectivity index (χ4n) is 1.91. The highest BCUT2D eigenvalue weighted by Gasteiger charge is 2.38. The largest absolute Gasteiger partial charge is 0.456 e. The average Bonchev–Trinajstić information content (AvgIpc) is 2.48. The zero-order chi connectivity index (χ0) is 16.3. The number of nitrogens with zero attached hydrogens (tertiary/aromatic N) is 2. The first kappa shape index (κ1) is 15.8. The van der Waals surface area contributed by atoms with Gasteiger partial charge in [-0.1, -0.05) is 18.2 Å². The first-order chi connectivity index (χ1) is 10.4. The minimum absolute atomic E-state index is 0.0913. The molecular formula is C15H11FN2O3S. The third kappa shape index (κ3) is 2.86. The van der Waals surface area contributed by atoms with E-state index in [1.807, 2.05) is 0 Å². The molecule has 0 amide bonds. The van der Waals surface area contributed by atoms with E-state index in [0.717, 1.165) is 24.3 Å². The molecule has 0 unspecified atom stereocenters. The van der Waals surface area contributed by atoms with Crippen LogP contribution >= 0.6 is 0 Å². The molecule has 0 atom stereocenters. The van der Waals surface area contributed by atoms with E-state index in [1.165, 1.54) is 12.1 Å². The number of carbonyl (C=O) groups is 1. The number of ketones is 1. The predicted molar refractivity (Wildman–Crippen MR) is 77.7 cm³/mol. The van der Waals surface area contributed by atoms with Gasteiger partial charge in [0.2, 0.25) is 0 Å². The molecule has 0 radical (unpaired) electrons. The number of hydrogen-bond acceptors (Lipinski definition) is 3. The molecule has 0 heterocycles. The number of Topliss-reactive ketones (excluding diaryl/α,β-unsaturated/α-hetero) is 1. The summed E-state index contributed by atoms with van der Waals surface area (Å²) < 4.78 is 37.8. The summed E-state index contributed by atoms with van der Waals surface area (Å²) >= 11 is 0. The monoisotopic (exact) mass is 318 g/mol. The lowest BCUT2D eigenvalue weighted by atomic mass is 10.1. The molecule has 0 aliphatic rings. The topological polar surface area (TPSA) is 87.6 Å². The van der Waals surface area contributed by atoms with Gasteiger partial charge >= 0.3 is 5.04 Å². The van der Waals surface area contributed by atoms with E-state index in [9.17, 15) is 17.6 Å². The van der Waals surface area contributed by atoms with Crippen molar-refractivity contribution in [3.05, 3.63) is 71.0 Å². The van der Waals surface area contributed by atoms with Gasteiger partial charge in [0, 0.05) is 5.56 Å². The highest BCUT2D eigenvalue weighted by molar-refractivity contribution is 8.08. The zero-order valence-electron chi connectivity index (χ0n) is 11.5. The molecule has 2 aromatic carbocycles. The Bertz CT molecular complexity index is 883. The summed E-state index contributed by atoms with van der Waals surface area (Å²) in [7, 11) is -4.28. The number of carbonyl (C=O) groups excluding carboxylic acids is 1. The van der Waals surface area contributed by atoms with E-state index in [-0.39, 0.29) is 10.5 Å². The maximum atomic E-state index is 12.9. The van der Waals surface area contributed by atoms with Crippen molar-refractivity contribution in [3.63, 3.8) is 0 Å². The summed E-state index contributed by atoms with van der Waals surface area (Å²) in [4.78, 5) is 14.8. The lowest BCUT2D eigenvalue weighted by molar-refractivity contribution is -0.00158. The Morgan fingerprint density at radius 3 is 2.23 bits per heavy atom. The van der Waals surface area contributed by atoms with E-state index in [0.29, 0.717) is 5.56 Å². The van der Waals surface area contributed by atoms with Crippen LogP contribution in [0.4, 0.5) is 4.39 Å². The number of rotatable bonds is 3. The van der Waals surface area contributed by atoms with Crippen molar-refractivity contribution in [2.45, 2.75) is 11.8 Å². The summed E-state index contributed by atoms with van der Waals surface area (Å²) in [6.07, 6.45) is 0. The molecule has 112 valence electrons. The van der Waals surface area contributed by atoms with Crippen molar-refractivity contribution < 1.29 is 22.4 Å². The van der Waals surface area contributed by atoms with Crippen LogP contribution in [0.15, 0.2) is 53.4 Å². The van der Waals surface area contributed by atoms with E-state index < -0.39 is 26.5 Å². The molecule has 2 rings (SSSR count). The molecular weight excluding hydrogens is 307 g/mol. The summed E-state index contributed by atoms with van der Waals surface area (Å²) in [5, 5.41) is -1.01. The smallest absolute Gasteiger partial charge is 0.360 e. The van der Waals surface area contributed by atoms with E-state index in [4.69, 9.17) is 5.53 Å². The van der Waals surface area contributed by atoms with Crippen molar-refractivity contribution in [3.8, 4) is 0 Å². The quantitative estimate of drug-likeness (QED) is 0.286. The molecule has 0 saturated carbocycles. The Balaban J connectivity index is 2.53. The van der Waals surface area contributed by atoms with Gasteiger partial charge in [-0.3, -0.25) is 4.79 Å². The van der Waals surface area contributed by atoms with Crippen molar-refractivity contribution in [1.82, 2.24) is 0 Å². The van der Waals surface area contributed by atoms with Crippen molar-refractivity contribution in [1.29, 1.82) is 0 Å². The molecule has 0 aliphatic carbocycles. The van der Waals surface area contributed by atoms with Gasteiger partial charge in [0.15, 0.2) is 0 Å². The number of aryl methyl sites for hydroxylation is 1. The predicted octanol–water partition coefficient (Wildman–Crippen LogP) is 2.42. The molecule has 0 spiro atoms. The maximum Gasteiger partial charge on any atom is 0.456 e. The number of benzene rings is 2. The summed E-state index contributed by atoms with van der Waals surface area (Å²) in [6.45, 7) is 1.56. The van der Waals surface area contributed by atoms with Crippen LogP contribution in [0.5, 0.6) is 0 Å². The lowest BCUT2D eigenvalue weighted by Crippen LogP contribution is -2.26. The van der Waals surface area contributed by atoms with Gasteiger partial charge in [0.25, 0.3) is 15.6 Å². The molecule has 0 fully saturated rings. The van der Waals surface area contributed by atoms with Gasteiger partial charge in [0.05, 0.1) is 4.90 Å². The fraction of sp³-hybridized carbons (Fsp3) is 0.0667. The van der Waals surface area contributed by atoms with Gasteiger partial charge in [-0.2, -0.15) is 0 Å². The van der Waals surface area contributed by atoms with Crippen molar-refractivity contribution in [2.75, 3.05) is 0 Å². The van der Waals surface area contributed by atoms with Crippen LogP contribution in [-0.2, 0) is 9.84 Å². The van der Waals surface area contributed by atoms with Crippen LogP contribution < -0.4 is 0 Å². The standard InChI is InChI=1S/C15H11FN2O3S/c1-10-4-2-3-5-13(10)22(20,21)15(18-17)14(19)11-6-8-12(16)9-7-11/h2-9H,1H3. The van der Waals surface area contributed by atoms with Crippen LogP contribution in [0.1, 0.15) is 15.9 Å². The van der Waals surface area contributed by atoms with Gasteiger partial charge in [-0.25, -0.2) is 12.8 Å². The highest BCUT2D eigenvalue weighted by Crippen LogP contribution is 2.18. The second kappa shape index (κ2) is 6.01. The number of halogens is 1. The van der Waals surface area contributed by atoms with Crippen molar-refractivity contribution >= 4 is 20.7 Å². The van der Waals surface area contributed by atoms with Crippen LogP contribution in [0.3, 0.4) is 0 Å². The Kier molecular flexibility index (Phi) is 4.30. The molecule has 0 bridgehead atoms. The molecule has 0 aliphatic heterocycles. The Morgan fingerprint density at radius 1 is 1.09 bits per heavy atom. The molecule has 5 nitrogen and oxygen atoms in total. The van der Waals surface area contributed by atoms with Crippen LogP contribution in [-0.4, -0.2) is 24.0 Å². The Hall–Kier alpha value is -2.63. The van der Waals surface area contributed by atoms with Crippen molar-refractivity contribution in [2.24, 2.45) is 0 Å². The molecule has 7 heteroatoms. The van der Waals surface area contributed by atoms with E-state index in [2.05, 4.69) is 4.79 Å². The minimum atomic E-state index is -4.28. The van der Waals surface area contributed by atoms with Crippen LogP contribution in [0.25, 0.3) is 5.53 Å². The summed E-state index contributed by atoms with van der Waals surface area (Å²) in [5.41, 5.74) is 9.34. The Morgan fingerprint density at radius 2 is 1.68 bits per heavy atom. The SMILES string of the molecule is Cc1ccccc1S(=O)(=O)C(=[N+]=[N-])C(=O)c1ccc(F)cc1. The maximum absolute atomic E-state index is 12.9. The number of sulfone groups is 1. The van der Waals surface area contributed by atoms with Gasteiger partial charge in [-0.05, 0) is 42.8 Å². The van der Waals surface area contributed by atoms with Crippen LogP contribution in [0.2, 0.25) is 0 Å². The highest BCUT2D eigenvalue weighted by atomic mass is 32.2. The normalized spacial score (nSPS) is 10.8. The van der Waals surface area contributed by atoms with Gasteiger partial charge in [0.1, 0.15) is 5.82 Å². The summed E-state index contributed by atoms with van der Waals surface area (Å²) in [5.74, 6) is -1.58. The molecule has 0 saturated heterocycles. The third-order valence-electron chi connectivity index (χ3n) is 3.03. The molecule has 22 heavy (non-hydrogen) atoms. The second-order valence-electron chi connectivity index (χ2n) is 4.51. The van der Waals surface area contributed by atoms with E-state index >= 15 is 0 Å². The molecule has 0 aromatic heterocycles. The first-order valence-corrected chi connectivity index (χ1v) is 7.69. The van der Waals surface area contributed by atoms with Gasteiger partial charge in [-0.15, -0.1) is 4.79 Å². The Labute approximate surface area is 126 Å². The van der Waals surface area contributed by atoms with E-state index in [1.54, 1.807) is 19.1 Å².